The Kier molecular flexibility index (Phi) is 5.99. The van der Waals surface area contributed by atoms with Crippen molar-refractivity contribution in [2.75, 3.05) is 27.3 Å². The first-order valence-corrected chi connectivity index (χ1v) is 7.61. The van der Waals surface area contributed by atoms with E-state index in [4.69, 9.17) is 9.15 Å². The predicted octanol–water partition coefficient (Wildman–Crippen LogP) is 0.868. The lowest BCUT2D eigenvalue weighted by molar-refractivity contribution is 0.161. The van der Waals surface area contributed by atoms with E-state index in [1.807, 2.05) is 6.92 Å². The SMILES string of the molecule is CNCc1cc(S(=O)(=O)NCC(C)COC)c(C)o1. The third-order valence-electron chi connectivity index (χ3n) is 2.64. The fourth-order valence-corrected chi connectivity index (χ4v) is 3.09. The van der Waals surface area contributed by atoms with Gasteiger partial charge in [0, 0.05) is 26.3 Å². The summed E-state index contributed by atoms with van der Waals surface area (Å²) in [5.41, 5.74) is 0. The van der Waals surface area contributed by atoms with Gasteiger partial charge in [0.2, 0.25) is 10.0 Å². The Bertz CT molecular complexity index is 496. The number of hydrogen-bond acceptors (Lipinski definition) is 5. The van der Waals surface area contributed by atoms with E-state index in [9.17, 15) is 8.42 Å². The maximum Gasteiger partial charge on any atom is 0.244 e. The van der Waals surface area contributed by atoms with Crippen LogP contribution in [0.1, 0.15) is 18.4 Å². The van der Waals surface area contributed by atoms with Gasteiger partial charge in [0.05, 0.1) is 6.54 Å². The Labute approximate surface area is 114 Å². The minimum absolute atomic E-state index is 0.115. The molecule has 0 aromatic carbocycles. The monoisotopic (exact) mass is 290 g/mol. The number of methoxy groups -OCH3 is 1. The van der Waals surface area contributed by atoms with Crippen molar-refractivity contribution < 1.29 is 17.6 Å². The molecule has 0 fully saturated rings. The van der Waals surface area contributed by atoms with Gasteiger partial charge < -0.3 is 14.5 Å². The number of sulfonamides is 1. The summed E-state index contributed by atoms with van der Waals surface area (Å²) in [6, 6.07) is 1.55. The van der Waals surface area contributed by atoms with E-state index in [1.54, 1.807) is 27.1 Å². The van der Waals surface area contributed by atoms with E-state index in [0.717, 1.165) is 0 Å². The summed E-state index contributed by atoms with van der Waals surface area (Å²) < 4.78 is 37.2. The Hall–Kier alpha value is -0.890. The maximum absolute atomic E-state index is 12.1. The molecule has 1 unspecified atom stereocenters. The second-order valence-corrected chi connectivity index (χ2v) is 6.31. The lowest BCUT2D eigenvalue weighted by Crippen LogP contribution is -2.30. The smallest absolute Gasteiger partial charge is 0.244 e. The van der Waals surface area contributed by atoms with Crippen molar-refractivity contribution in [1.29, 1.82) is 0 Å². The molecule has 0 aliphatic heterocycles. The molecule has 1 rings (SSSR count). The Balaban J connectivity index is 2.76. The average molecular weight is 290 g/mol. The molecule has 1 aromatic rings. The van der Waals surface area contributed by atoms with Gasteiger partial charge in [0.25, 0.3) is 0 Å². The fraction of sp³-hybridized carbons (Fsp3) is 0.667. The molecule has 1 aromatic heterocycles. The number of hydrogen-bond donors (Lipinski definition) is 2. The number of ether oxygens (including phenoxy) is 1. The van der Waals surface area contributed by atoms with E-state index in [2.05, 4.69) is 10.0 Å². The van der Waals surface area contributed by atoms with Crippen molar-refractivity contribution in [3.63, 3.8) is 0 Å². The largest absolute Gasteiger partial charge is 0.464 e. The fourth-order valence-electron chi connectivity index (χ4n) is 1.73. The second kappa shape index (κ2) is 7.04. The molecule has 0 aliphatic rings. The number of nitrogens with one attached hydrogen (secondary N) is 2. The van der Waals surface area contributed by atoms with E-state index >= 15 is 0 Å². The Morgan fingerprint density at radius 3 is 2.74 bits per heavy atom. The van der Waals surface area contributed by atoms with Crippen LogP contribution in [0.5, 0.6) is 0 Å². The van der Waals surface area contributed by atoms with Crippen LogP contribution in [0, 0.1) is 12.8 Å². The molecule has 6 nitrogen and oxygen atoms in total. The van der Waals surface area contributed by atoms with E-state index in [1.165, 1.54) is 0 Å². The molecule has 110 valence electrons. The van der Waals surface area contributed by atoms with Crippen molar-refractivity contribution in [2.24, 2.45) is 5.92 Å². The zero-order chi connectivity index (χ0) is 14.5. The standard InChI is InChI=1S/C12H22N2O4S/c1-9(8-17-4)6-14-19(15,16)12-5-11(7-13-3)18-10(12)2/h5,9,13-14H,6-8H2,1-4H3. The van der Waals surface area contributed by atoms with Crippen molar-refractivity contribution in [1.82, 2.24) is 10.0 Å². The predicted molar refractivity (Wildman–Crippen MR) is 72.4 cm³/mol. The molecule has 1 atom stereocenters. The summed E-state index contributed by atoms with van der Waals surface area (Å²) in [6.07, 6.45) is 0. The van der Waals surface area contributed by atoms with E-state index in [-0.39, 0.29) is 10.8 Å². The van der Waals surface area contributed by atoms with Crippen LogP contribution in [0.15, 0.2) is 15.4 Å². The third kappa shape index (κ3) is 4.61. The maximum atomic E-state index is 12.1. The molecular weight excluding hydrogens is 268 g/mol. The molecular formula is C12H22N2O4S. The molecule has 7 heteroatoms. The molecule has 19 heavy (non-hydrogen) atoms. The molecule has 0 saturated carbocycles. The van der Waals surface area contributed by atoms with E-state index < -0.39 is 10.0 Å². The highest BCUT2D eigenvalue weighted by atomic mass is 32.2. The molecule has 1 heterocycles. The first-order chi connectivity index (χ1) is 8.90. The molecule has 0 spiro atoms. The van der Waals surface area contributed by atoms with E-state index in [0.29, 0.717) is 31.2 Å². The first kappa shape index (κ1) is 16.2. The van der Waals surface area contributed by atoms with Crippen LogP contribution in [-0.2, 0) is 21.3 Å². The summed E-state index contributed by atoms with van der Waals surface area (Å²) in [7, 11) is -0.162. The number of rotatable bonds is 8. The number of furan rings is 1. The van der Waals surface area contributed by atoms with Gasteiger partial charge in [0.1, 0.15) is 16.4 Å². The second-order valence-electron chi connectivity index (χ2n) is 4.58. The first-order valence-electron chi connectivity index (χ1n) is 6.13. The lowest BCUT2D eigenvalue weighted by Gasteiger charge is -2.11. The number of aryl methyl sites for hydroxylation is 1. The van der Waals surface area contributed by atoms with Gasteiger partial charge in [-0.25, -0.2) is 13.1 Å². The van der Waals surface area contributed by atoms with Gasteiger partial charge in [-0.3, -0.25) is 0 Å². The lowest BCUT2D eigenvalue weighted by atomic mass is 10.2. The average Bonchev–Trinajstić information content (AvgIpc) is 2.70. The van der Waals surface area contributed by atoms with Gasteiger partial charge in [-0.1, -0.05) is 6.92 Å². The van der Waals surface area contributed by atoms with Crippen LogP contribution in [0.3, 0.4) is 0 Å². The van der Waals surface area contributed by atoms with Gasteiger partial charge in [-0.2, -0.15) is 0 Å². The quantitative estimate of drug-likeness (QED) is 0.742. The summed E-state index contributed by atoms with van der Waals surface area (Å²) >= 11 is 0. The van der Waals surface area contributed by atoms with Crippen LogP contribution in [0.25, 0.3) is 0 Å². The zero-order valence-corrected chi connectivity index (χ0v) is 12.6. The molecule has 0 amide bonds. The van der Waals surface area contributed by atoms with Crippen LogP contribution in [-0.4, -0.2) is 35.7 Å². The highest BCUT2D eigenvalue weighted by Crippen LogP contribution is 2.19. The van der Waals surface area contributed by atoms with Gasteiger partial charge in [-0.05, 0) is 19.9 Å². The van der Waals surface area contributed by atoms with Crippen LogP contribution >= 0.6 is 0 Å². The third-order valence-corrected chi connectivity index (χ3v) is 4.17. The minimum Gasteiger partial charge on any atom is -0.464 e. The molecule has 2 N–H and O–H groups in total. The highest BCUT2D eigenvalue weighted by Gasteiger charge is 2.21. The Morgan fingerprint density at radius 2 is 2.16 bits per heavy atom. The molecule has 0 aliphatic carbocycles. The van der Waals surface area contributed by atoms with Crippen LogP contribution < -0.4 is 10.0 Å². The summed E-state index contributed by atoms with van der Waals surface area (Å²) in [6.45, 7) is 4.91. The van der Waals surface area contributed by atoms with Crippen LogP contribution in [0.2, 0.25) is 0 Å². The van der Waals surface area contributed by atoms with Gasteiger partial charge in [0.15, 0.2) is 0 Å². The van der Waals surface area contributed by atoms with Gasteiger partial charge >= 0.3 is 0 Å². The van der Waals surface area contributed by atoms with Crippen molar-refractivity contribution in [2.45, 2.75) is 25.3 Å². The molecule has 0 saturated heterocycles. The van der Waals surface area contributed by atoms with Gasteiger partial charge in [-0.15, -0.1) is 0 Å². The normalized spacial score (nSPS) is 13.7. The molecule has 0 radical (unpaired) electrons. The highest BCUT2D eigenvalue weighted by molar-refractivity contribution is 7.89. The summed E-state index contributed by atoms with van der Waals surface area (Å²) in [5, 5.41) is 2.92. The molecule has 0 bridgehead atoms. The zero-order valence-electron chi connectivity index (χ0n) is 11.8. The Morgan fingerprint density at radius 1 is 1.47 bits per heavy atom. The topological polar surface area (TPSA) is 80.6 Å². The van der Waals surface area contributed by atoms with Crippen molar-refractivity contribution in [3.05, 3.63) is 17.6 Å². The van der Waals surface area contributed by atoms with Crippen molar-refractivity contribution in [3.8, 4) is 0 Å². The minimum atomic E-state index is -3.53. The van der Waals surface area contributed by atoms with Crippen LogP contribution in [0.4, 0.5) is 0 Å². The summed E-state index contributed by atoms with van der Waals surface area (Å²) in [5.74, 6) is 1.12. The summed E-state index contributed by atoms with van der Waals surface area (Å²) in [4.78, 5) is 0.197. The van der Waals surface area contributed by atoms with Crippen molar-refractivity contribution >= 4 is 10.0 Å².